The van der Waals surface area contributed by atoms with Crippen molar-refractivity contribution in [2.75, 3.05) is 5.32 Å². The number of aromatic amines is 1. The molecule has 0 unspecified atom stereocenters. The number of aryl methyl sites for hydroxylation is 1. The molecular formula is C13H13N3O2. The van der Waals surface area contributed by atoms with Crippen LogP contribution >= 0.6 is 0 Å². The van der Waals surface area contributed by atoms with Gasteiger partial charge < -0.3 is 10.1 Å². The van der Waals surface area contributed by atoms with E-state index in [0.29, 0.717) is 17.3 Å². The number of aromatic nitrogens is 2. The van der Waals surface area contributed by atoms with Crippen LogP contribution in [0.25, 0.3) is 0 Å². The van der Waals surface area contributed by atoms with Gasteiger partial charge in [-0.05, 0) is 37.3 Å². The molecule has 2 N–H and O–H groups in total. The Balaban J connectivity index is 2.03. The molecular weight excluding hydrogens is 230 g/mol. The molecule has 0 radical (unpaired) electrons. The third-order valence-electron chi connectivity index (χ3n) is 2.21. The molecule has 1 aromatic carbocycles. The van der Waals surface area contributed by atoms with Crippen LogP contribution in [-0.4, -0.2) is 16.1 Å². The lowest BCUT2D eigenvalue weighted by molar-refractivity contribution is -0.111. The molecule has 0 saturated heterocycles. The maximum absolute atomic E-state index is 11.1. The lowest BCUT2D eigenvalue weighted by atomic mass is 10.3. The lowest BCUT2D eigenvalue weighted by Crippen LogP contribution is -2.06. The summed E-state index contributed by atoms with van der Waals surface area (Å²) in [5, 5.41) is 9.41. The van der Waals surface area contributed by atoms with E-state index in [1.54, 1.807) is 30.3 Å². The molecule has 0 bridgehead atoms. The second-order valence-corrected chi connectivity index (χ2v) is 3.71. The van der Waals surface area contributed by atoms with Crippen molar-refractivity contribution in [1.82, 2.24) is 10.2 Å². The Labute approximate surface area is 104 Å². The molecule has 5 heteroatoms. The van der Waals surface area contributed by atoms with Crippen LogP contribution in [0.5, 0.6) is 11.6 Å². The first-order chi connectivity index (χ1) is 8.67. The highest BCUT2D eigenvalue weighted by molar-refractivity contribution is 5.98. The summed E-state index contributed by atoms with van der Waals surface area (Å²) in [6.45, 7) is 5.28. The molecule has 0 aliphatic carbocycles. The largest absolute Gasteiger partial charge is 0.438 e. The van der Waals surface area contributed by atoms with Gasteiger partial charge in [-0.15, -0.1) is 5.10 Å². The van der Waals surface area contributed by atoms with E-state index in [0.717, 1.165) is 5.69 Å². The maximum Gasteiger partial charge on any atom is 0.247 e. The number of hydrogen-bond donors (Lipinski definition) is 2. The van der Waals surface area contributed by atoms with Crippen LogP contribution in [0.3, 0.4) is 0 Å². The van der Waals surface area contributed by atoms with Crippen molar-refractivity contribution in [3.63, 3.8) is 0 Å². The van der Waals surface area contributed by atoms with E-state index >= 15 is 0 Å². The first-order valence-electron chi connectivity index (χ1n) is 5.41. The van der Waals surface area contributed by atoms with E-state index < -0.39 is 0 Å². The minimum atomic E-state index is -0.244. The van der Waals surface area contributed by atoms with Crippen molar-refractivity contribution >= 4 is 11.6 Å². The second kappa shape index (κ2) is 5.18. The molecule has 1 heterocycles. The number of amides is 1. The molecule has 0 saturated carbocycles. The van der Waals surface area contributed by atoms with Crippen LogP contribution in [0.2, 0.25) is 0 Å². The molecule has 5 nitrogen and oxygen atoms in total. The number of anilines is 1. The number of H-pyrrole nitrogens is 1. The zero-order valence-corrected chi connectivity index (χ0v) is 9.93. The van der Waals surface area contributed by atoms with Gasteiger partial charge in [-0.1, -0.05) is 6.58 Å². The number of carbonyl (C=O) groups is 1. The van der Waals surface area contributed by atoms with Gasteiger partial charge in [0.15, 0.2) is 0 Å². The number of nitrogens with zero attached hydrogens (tertiary/aromatic N) is 1. The van der Waals surface area contributed by atoms with Crippen molar-refractivity contribution in [3.05, 3.63) is 48.7 Å². The Morgan fingerprint density at radius 1 is 1.44 bits per heavy atom. The monoisotopic (exact) mass is 243 g/mol. The smallest absolute Gasteiger partial charge is 0.247 e. The molecule has 0 aliphatic heterocycles. The molecule has 18 heavy (non-hydrogen) atoms. The number of carbonyl (C=O) groups excluding carboxylic acids is 1. The van der Waals surface area contributed by atoms with Crippen molar-refractivity contribution in [1.29, 1.82) is 0 Å². The Hall–Kier alpha value is -2.56. The number of rotatable bonds is 4. The van der Waals surface area contributed by atoms with Gasteiger partial charge in [0.05, 0.1) is 0 Å². The van der Waals surface area contributed by atoms with E-state index in [-0.39, 0.29) is 5.91 Å². The number of hydrogen-bond acceptors (Lipinski definition) is 3. The quantitative estimate of drug-likeness (QED) is 0.811. The molecule has 0 aliphatic rings. The van der Waals surface area contributed by atoms with Gasteiger partial charge in [0, 0.05) is 17.4 Å². The summed E-state index contributed by atoms with van der Waals surface area (Å²) in [5.74, 6) is 0.917. The van der Waals surface area contributed by atoms with Crippen molar-refractivity contribution in [2.45, 2.75) is 6.92 Å². The minimum Gasteiger partial charge on any atom is -0.438 e. The maximum atomic E-state index is 11.1. The average Bonchev–Trinajstić information content (AvgIpc) is 2.77. The van der Waals surface area contributed by atoms with Crippen molar-refractivity contribution in [2.24, 2.45) is 0 Å². The third-order valence-corrected chi connectivity index (χ3v) is 2.21. The van der Waals surface area contributed by atoms with Gasteiger partial charge in [-0.3, -0.25) is 9.89 Å². The van der Waals surface area contributed by atoms with Crippen LogP contribution < -0.4 is 10.1 Å². The van der Waals surface area contributed by atoms with Gasteiger partial charge >= 0.3 is 0 Å². The standard InChI is InChI=1S/C13H13N3O2/c1-3-12(17)14-10-4-6-11(7-5-10)18-13-8-9(2)15-16-13/h3-8H,1H2,2H3,(H,14,17)(H,15,16). The van der Waals surface area contributed by atoms with E-state index in [1.807, 2.05) is 6.92 Å². The molecule has 1 amide bonds. The SMILES string of the molecule is C=CC(=O)Nc1ccc(Oc2cc(C)[nH]n2)cc1. The normalized spacial score (nSPS) is 9.83. The van der Waals surface area contributed by atoms with Crippen LogP contribution in [0, 0.1) is 6.92 Å². The van der Waals surface area contributed by atoms with Gasteiger partial charge in [0.25, 0.3) is 0 Å². The first-order valence-corrected chi connectivity index (χ1v) is 5.41. The molecule has 2 rings (SSSR count). The summed E-state index contributed by atoms with van der Waals surface area (Å²) in [6, 6.07) is 8.80. The zero-order chi connectivity index (χ0) is 13.0. The van der Waals surface area contributed by atoms with Gasteiger partial charge in [0.2, 0.25) is 11.8 Å². The van der Waals surface area contributed by atoms with Crippen LogP contribution in [0.1, 0.15) is 5.69 Å². The van der Waals surface area contributed by atoms with Crippen molar-refractivity contribution in [3.8, 4) is 11.6 Å². The minimum absolute atomic E-state index is 0.244. The Bertz CT molecular complexity index is 558. The zero-order valence-electron chi connectivity index (χ0n) is 9.93. The summed E-state index contributed by atoms with van der Waals surface area (Å²) < 4.78 is 5.51. The lowest BCUT2D eigenvalue weighted by Gasteiger charge is -2.04. The van der Waals surface area contributed by atoms with Gasteiger partial charge in [-0.25, -0.2) is 0 Å². The molecule has 92 valence electrons. The van der Waals surface area contributed by atoms with Crippen LogP contribution in [0.15, 0.2) is 43.0 Å². The molecule has 1 aromatic heterocycles. The third kappa shape index (κ3) is 2.98. The highest BCUT2D eigenvalue weighted by Crippen LogP contribution is 2.21. The van der Waals surface area contributed by atoms with E-state index in [1.165, 1.54) is 6.08 Å². The second-order valence-electron chi connectivity index (χ2n) is 3.71. The highest BCUT2D eigenvalue weighted by Gasteiger charge is 2.02. The average molecular weight is 243 g/mol. The summed E-state index contributed by atoms with van der Waals surface area (Å²) in [6.07, 6.45) is 1.22. The number of ether oxygens (including phenoxy) is 1. The highest BCUT2D eigenvalue weighted by atomic mass is 16.5. The van der Waals surface area contributed by atoms with E-state index in [2.05, 4.69) is 22.1 Å². The summed E-state index contributed by atoms with van der Waals surface area (Å²) >= 11 is 0. The van der Waals surface area contributed by atoms with E-state index in [9.17, 15) is 4.79 Å². The summed E-state index contributed by atoms with van der Waals surface area (Å²) in [7, 11) is 0. The van der Waals surface area contributed by atoms with Crippen molar-refractivity contribution < 1.29 is 9.53 Å². The van der Waals surface area contributed by atoms with Crippen LogP contribution in [0.4, 0.5) is 5.69 Å². The predicted molar refractivity (Wildman–Crippen MR) is 68.7 cm³/mol. The summed E-state index contributed by atoms with van der Waals surface area (Å²) in [4.78, 5) is 11.1. The molecule has 2 aromatic rings. The predicted octanol–water partition coefficient (Wildman–Crippen LogP) is 2.63. The fourth-order valence-corrected chi connectivity index (χ4v) is 1.37. The summed E-state index contributed by atoms with van der Waals surface area (Å²) in [5.41, 5.74) is 1.62. The topological polar surface area (TPSA) is 67.0 Å². The fourth-order valence-electron chi connectivity index (χ4n) is 1.37. The number of benzene rings is 1. The number of nitrogens with one attached hydrogen (secondary N) is 2. The van der Waals surface area contributed by atoms with Gasteiger partial charge in [-0.2, -0.15) is 0 Å². The Morgan fingerprint density at radius 2 is 2.17 bits per heavy atom. The molecule has 0 atom stereocenters. The van der Waals surface area contributed by atoms with E-state index in [4.69, 9.17) is 4.74 Å². The first kappa shape index (κ1) is 11.9. The van der Waals surface area contributed by atoms with Crippen LogP contribution in [-0.2, 0) is 4.79 Å². The molecule has 0 fully saturated rings. The Kier molecular flexibility index (Phi) is 3.43. The van der Waals surface area contributed by atoms with Gasteiger partial charge in [0.1, 0.15) is 5.75 Å². The Morgan fingerprint density at radius 3 is 2.72 bits per heavy atom. The molecule has 0 spiro atoms. The fraction of sp³-hybridized carbons (Fsp3) is 0.0769.